The van der Waals surface area contributed by atoms with Gasteiger partial charge in [0.15, 0.2) is 0 Å². The minimum Gasteiger partial charge on any atom is -1.00 e. The van der Waals surface area contributed by atoms with Gasteiger partial charge in [-0.3, -0.25) is 0 Å². The Morgan fingerprint density at radius 1 is 1.25 bits per heavy atom. The van der Waals surface area contributed by atoms with Crippen molar-refractivity contribution in [1.82, 2.24) is 0 Å². The number of rotatable bonds is 0. The predicted molar refractivity (Wildman–Crippen MR) is 19.9 cm³/mol. The molecule has 0 N–H and O–H groups in total. The third-order valence-corrected chi connectivity index (χ3v) is 0. The Balaban J connectivity index is -0.00000000500. The molecule has 0 aliphatic carbocycles. The molecule has 3 heteroatoms. The second-order valence-electron chi connectivity index (χ2n) is 0. The van der Waals surface area contributed by atoms with E-state index in [1.807, 2.05) is 4.93 Å². The molecule has 0 spiro atoms. The van der Waals surface area contributed by atoms with Gasteiger partial charge in [-0.2, -0.15) is 0 Å². The molecule has 0 atom stereocenters. The summed E-state index contributed by atoms with van der Waals surface area (Å²) in [5.74, 6) is 0. The molecule has 0 saturated carbocycles. The van der Waals surface area contributed by atoms with Crippen molar-refractivity contribution in [2.24, 2.45) is 0 Å². The van der Waals surface area contributed by atoms with Crippen molar-refractivity contribution in [3.63, 3.8) is 0 Å². The van der Waals surface area contributed by atoms with Crippen molar-refractivity contribution in [1.29, 1.82) is 0 Å². The zero-order valence-electron chi connectivity index (χ0n) is 2.76. The van der Waals surface area contributed by atoms with Gasteiger partial charge in [-0.1, -0.05) is 22.6 Å². The molecule has 0 heterocycles. The molecule has 0 aromatic rings. The summed E-state index contributed by atoms with van der Waals surface area (Å²) in [5.41, 5.74) is 0. The van der Waals surface area contributed by atoms with Crippen LogP contribution in [0, 0.1) is 0 Å². The summed E-state index contributed by atoms with van der Waals surface area (Å²) >= 11 is 2.15. The summed E-state index contributed by atoms with van der Waals surface area (Å²) in [5, 5.41) is 0. The van der Waals surface area contributed by atoms with Crippen LogP contribution in [-0.4, -0.2) is 4.93 Å². The van der Waals surface area contributed by atoms with E-state index in [1.165, 1.54) is 0 Å². The maximum absolute atomic E-state index is 2.15. The van der Waals surface area contributed by atoms with Gasteiger partial charge in [-0.25, -0.2) is 0 Å². The first-order valence-electron chi connectivity index (χ1n) is 0.378. The number of hydrogen-bond acceptors (Lipinski definition) is 0. The van der Waals surface area contributed by atoms with Crippen LogP contribution in [0.5, 0.6) is 0 Å². The van der Waals surface area contributed by atoms with Crippen molar-refractivity contribution < 1.29 is 53.5 Å². The first kappa shape index (κ1) is 16.1. The van der Waals surface area contributed by atoms with Gasteiger partial charge in [0.25, 0.3) is 0 Å². The van der Waals surface area contributed by atoms with Gasteiger partial charge in [0, 0.05) is 0 Å². The van der Waals surface area contributed by atoms with E-state index in [9.17, 15) is 0 Å². The molecule has 0 saturated heterocycles. The summed E-state index contributed by atoms with van der Waals surface area (Å²) in [6, 6.07) is 0. The van der Waals surface area contributed by atoms with E-state index in [-0.39, 0.29) is 53.5 Å². The van der Waals surface area contributed by atoms with Gasteiger partial charge in [-0.05, 0) is 4.93 Å². The Morgan fingerprint density at radius 2 is 1.25 bits per heavy atom. The maximum atomic E-state index is 2.15. The molecule has 0 aromatic heterocycles. The monoisotopic (exact) mass is 292 g/mol. The van der Waals surface area contributed by atoms with Crippen LogP contribution < -0.4 is 53.5 Å². The fourth-order valence-electron chi connectivity index (χ4n) is 0. The van der Waals surface area contributed by atoms with Crippen molar-refractivity contribution in [2.45, 2.75) is 0 Å². The zero-order valence-corrected chi connectivity index (χ0v) is 9.07. The van der Waals surface area contributed by atoms with Crippen molar-refractivity contribution >= 4 is 22.6 Å². The quantitative estimate of drug-likeness (QED) is 0.238. The summed E-state index contributed by atoms with van der Waals surface area (Å²) in [4.78, 5) is 1.97. The SMILES string of the molecule is CI.[I-].[Na+]. The molecule has 4 heavy (non-hydrogen) atoms. The average molecular weight is 292 g/mol. The van der Waals surface area contributed by atoms with Gasteiger partial charge >= 0.3 is 29.6 Å². The zero-order chi connectivity index (χ0) is 2.00. The molecule has 0 nitrogen and oxygen atoms in total. The number of alkyl halides is 1. The molecular weight excluding hydrogens is 289 g/mol. The fourth-order valence-corrected chi connectivity index (χ4v) is 0. The van der Waals surface area contributed by atoms with E-state index in [4.69, 9.17) is 0 Å². The molecule has 0 aromatic carbocycles. The summed E-state index contributed by atoms with van der Waals surface area (Å²) in [6.07, 6.45) is 0. The van der Waals surface area contributed by atoms with E-state index in [0.29, 0.717) is 0 Å². The molecule has 0 radical (unpaired) electrons. The van der Waals surface area contributed by atoms with Gasteiger partial charge in [0.2, 0.25) is 0 Å². The van der Waals surface area contributed by atoms with Crippen LogP contribution in [0.15, 0.2) is 0 Å². The minimum atomic E-state index is 0. The predicted octanol–water partition coefficient (Wildman–Crippen LogP) is -4.94. The van der Waals surface area contributed by atoms with Crippen molar-refractivity contribution in [3.05, 3.63) is 0 Å². The molecule has 0 amide bonds. The Bertz CT molecular complexity index is 6.00. The van der Waals surface area contributed by atoms with Crippen LogP contribution in [0.25, 0.3) is 0 Å². The molecule has 0 fully saturated rings. The van der Waals surface area contributed by atoms with Crippen LogP contribution in [-0.2, 0) is 0 Å². The first-order chi connectivity index (χ1) is 1.00. The molecular formula is CH3I2Na. The third kappa shape index (κ3) is 8.82. The van der Waals surface area contributed by atoms with Crippen LogP contribution in [0.4, 0.5) is 0 Å². The molecule has 0 aliphatic heterocycles. The molecule has 0 bridgehead atoms. The normalized spacial score (nSPS) is 1.50. The number of hydrogen-bond donors (Lipinski definition) is 0. The second kappa shape index (κ2) is 17.9. The summed E-state index contributed by atoms with van der Waals surface area (Å²) in [7, 11) is 0. The Morgan fingerprint density at radius 3 is 1.25 bits per heavy atom. The van der Waals surface area contributed by atoms with Gasteiger partial charge in [0.1, 0.15) is 0 Å². The van der Waals surface area contributed by atoms with Crippen LogP contribution in [0.1, 0.15) is 0 Å². The van der Waals surface area contributed by atoms with Crippen LogP contribution in [0.3, 0.4) is 0 Å². The largest absolute Gasteiger partial charge is 1.00 e. The van der Waals surface area contributed by atoms with E-state index in [2.05, 4.69) is 22.6 Å². The fraction of sp³-hybridized carbons (Fsp3) is 1.00. The standard InChI is InChI=1S/CH3I.HI.Na/c1-2;;/h1H3;1H;/q;;+1/p-1. The minimum absolute atomic E-state index is 0. The second-order valence-corrected chi connectivity index (χ2v) is 0. The first-order valence-corrected chi connectivity index (χ1v) is 2.54. The van der Waals surface area contributed by atoms with Gasteiger partial charge < -0.3 is 24.0 Å². The average Bonchev–Trinajstić information content (AvgIpc) is 1.00. The van der Waals surface area contributed by atoms with Crippen molar-refractivity contribution in [2.75, 3.05) is 4.93 Å². The van der Waals surface area contributed by atoms with Crippen molar-refractivity contribution in [3.8, 4) is 0 Å². The maximum Gasteiger partial charge on any atom is 1.00 e. The Hall–Kier alpha value is 2.46. The molecule has 0 unspecified atom stereocenters. The summed E-state index contributed by atoms with van der Waals surface area (Å²) < 4.78 is 0. The number of halogens is 2. The van der Waals surface area contributed by atoms with E-state index in [0.717, 1.165) is 0 Å². The molecule has 0 rings (SSSR count). The van der Waals surface area contributed by atoms with E-state index in [1.54, 1.807) is 0 Å². The smallest absolute Gasteiger partial charge is 1.00 e. The molecule has 0 aliphatic rings. The Kier molecular flexibility index (Phi) is 72.2. The van der Waals surface area contributed by atoms with Gasteiger partial charge in [-0.15, -0.1) is 0 Å². The van der Waals surface area contributed by atoms with Crippen LogP contribution in [0.2, 0.25) is 0 Å². The molecule has 22 valence electrons. The Labute approximate surface area is 79.6 Å². The van der Waals surface area contributed by atoms with E-state index < -0.39 is 0 Å². The third-order valence-electron chi connectivity index (χ3n) is 0. The van der Waals surface area contributed by atoms with Crippen LogP contribution >= 0.6 is 22.6 Å². The van der Waals surface area contributed by atoms with Gasteiger partial charge in [0.05, 0.1) is 0 Å². The summed E-state index contributed by atoms with van der Waals surface area (Å²) in [6.45, 7) is 0. The van der Waals surface area contributed by atoms with E-state index >= 15 is 0 Å². The topological polar surface area (TPSA) is 0 Å².